The van der Waals surface area contributed by atoms with E-state index >= 15 is 0 Å². The first-order valence-electron chi connectivity index (χ1n) is 18.8. The Bertz CT molecular complexity index is 1820. The zero-order chi connectivity index (χ0) is 36.9. The number of nitrogens with one attached hydrogen (secondary N) is 1. The van der Waals surface area contributed by atoms with Gasteiger partial charge in [0.1, 0.15) is 11.9 Å². The molecule has 3 saturated carbocycles. The lowest BCUT2D eigenvalue weighted by molar-refractivity contribution is -0.144. The number of carboxylic acid groups (broad SMARTS) is 1. The highest BCUT2D eigenvalue weighted by Crippen LogP contribution is 2.49. The molecule has 11 nitrogen and oxygen atoms in total. The Morgan fingerprint density at radius 2 is 1.57 bits per heavy atom. The number of carboxylic acids is 1. The number of carbonyl (C=O) groups is 2. The van der Waals surface area contributed by atoms with E-state index in [-0.39, 0.29) is 35.8 Å². The Morgan fingerprint density at radius 1 is 0.887 bits per heavy atom. The number of ether oxygens (including phenoxy) is 1. The summed E-state index contributed by atoms with van der Waals surface area (Å²) in [7, 11) is 0. The van der Waals surface area contributed by atoms with E-state index < -0.39 is 41.0 Å². The third kappa shape index (κ3) is 7.48. The highest BCUT2D eigenvalue weighted by atomic mass is 19.4. The second-order valence-corrected chi connectivity index (χ2v) is 15.5. The van der Waals surface area contributed by atoms with Crippen LogP contribution in [0.15, 0.2) is 36.8 Å². The summed E-state index contributed by atoms with van der Waals surface area (Å²) in [5, 5.41) is 12.3. The van der Waals surface area contributed by atoms with Gasteiger partial charge in [0, 0.05) is 56.3 Å². The topological polar surface area (TPSA) is 134 Å². The maximum Gasteiger partial charge on any atom is 0.434 e. The van der Waals surface area contributed by atoms with Gasteiger partial charge in [0.05, 0.1) is 23.9 Å². The van der Waals surface area contributed by atoms with Gasteiger partial charge in [-0.1, -0.05) is 12.8 Å². The number of nitrogens with zero attached hydrogens (tertiary/aromatic N) is 6. The Hall–Kier alpha value is -4.56. The number of amides is 1. The molecule has 2 aliphatic heterocycles. The number of aromatic nitrogens is 4. The summed E-state index contributed by atoms with van der Waals surface area (Å²) in [4.78, 5) is 45.3. The van der Waals surface area contributed by atoms with Gasteiger partial charge in [0.25, 0.3) is 5.91 Å². The second kappa shape index (κ2) is 14.3. The number of piperidine rings is 1. The molecule has 2 aromatic heterocycles. The third-order valence-electron chi connectivity index (χ3n) is 12.0. The van der Waals surface area contributed by atoms with Crippen molar-refractivity contribution in [2.75, 3.05) is 29.4 Å². The molecule has 3 aromatic rings. The van der Waals surface area contributed by atoms with Crippen molar-refractivity contribution in [3.05, 3.63) is 59.4 Å². The molecule has 1 saturated heterocycles. The van der Waals surface area contributed by atoms with Crippen LogP contribution in [0.4, 0.5) is 35.1 Å². The SMILES string of the molecule is O=C(NC1CC2CC(C1)CC(C(=O)O)C2)c1cnc(N2CC(C3CCCC3)c3cc(OC4CCN(c5ncc(F)cn5)CC4)ccc32)nc1C(F)(F)F. The fourth-order valence-corrected chi connectivity index (χ4v) is 9.65. The monoisotopic (exact) mass is 737 g/mol. The van der Waals surface area contributed by atoms with Gasteiger partial charge >= 0.3 is 12.1 Å². The first-order valence-corrected chi connectivity index (χ1v) is 18.8. The summed E-state index contributed by atoms with van der Waals surface area (Å²) >= 11 is 0. The van der Waals surface area contributed by atoms with E-state index in [4.69, 9.17) is 4.74 Å². The molecule has 4 fully saturated rings. The Labute approximate surface area is 304 Å². The normalized spacial score (nSPS) is 26.4. The average Bonchev–Trinajstić information content (AvgIpc) is 3.80. The maximum atomic E-state index is 14.6. The summed E-state index contributed by atoms with van der Waals surface area (Å²) in [5.74, 6) is -0.868. The van der Waals surface area contributed by atoms with Crippen molar-refractivity contribution >= 4 is 29.5 Å². The third-order valence-corrected chi connectivity index (χ3v) is 12.0. The van der Waals surface area contributed by atoms with Crippen molar-refractivity contribution in [2.24, 2.45) is 23.7 Å². The first kappa shape index (κ1) is 35.5. The van der Waals surface area contributed by atoms with Crippen molar-refractivity contribution in [1.29, 1.82) is 0 Å². The molecular weight excluding hydrogens is 694 g/mol. The van der Waals surface area contributed by atoms with E-state index in [1.807, 2.05) is 23.1 Å². The molecule has 0 spiro atoms. The van der Waals surface area contributed by atoms with E-state index in [1.54, 1.807) is 4.90 Å². The smallest absolute Gasteiger partial charge is 0.434 e. The summed E-state index contributed by atoms with van der Waals surface area (Å²) in [6.45, 7) is 1.73. The van der Waals surface area contributed by atoms with Crippen LogP contribution in [0.1, 0.15) is 98.2 Å². The predicted molar refractivity (Wildman–Crippen MR) is 185 cm³/mol. The Morgan fingerprint density at radius 3 is 2.23 bits per heavy atom. The van der Waals surface area contributed by atoms with Crippen molar-refractivity contribution in [3.8, 4) is 5.75 Å². The number of fused-ring (bicyclic) bond motifs is 3. The molecule has 1 aromatic carbocycles. The minimum Gasteiger partial charge on any atom is -0.490 e. The van der Waals surface area contributed by atoms with Crippen LogP contribution >= 0.6 is 0 Å². The van der Waals surface area contributed by atoms with Gasteiger partial charge in [-0.05, 0) is 86.5 Å². The second-order valence-electron chi connectivity index (χ2n) is 15.5. The van der Waals surface area contributed by atoms with Crippen molar-refractivity contribution in [1.82, 2.24) is 25.3 Å². The molecule has 3 unspecified atom stereocenters. The highest BCUT2D eigenvalue weighted by Gasteiger charge is 2.43. The van der Waals surface area contributed by atoms with Gasteiger partial charge in [-0.2, -0.15) is 13.2 Å². The average molecular weight is 738 g/mol. The summed E-state index contributed by atoms with van der Waals surface area (Å²) in [5.41, 5.74) is -0.159. The van der Waals surface area contributed by atoms with Crippen molar-refractivity contribution in [3.63, 3.8) is 0 Å². The molecule has 5 aliphatic rings. The van der Waals surface area contributed by atoms with Gasteiger partial charge in [-0.3, -0.25) is 9.59 Å². The molecule has 8 rings (SSSR count). The Balaban J connectivity index is 0.995. The van der Waals surface area contributed by atoms with Crippen molar-refractivity contribution in [2.45, 2.75) is 94.9 Å². The van der Waals surface area contributed by atoms with Gasteiger partial charge in [-0.15, -0.1) is 0 Å². The van der Waals surface area contributed by atoms with Crippen LogP contribution in [0.2, 0.25) is 0 Å². The number of benzene rings is 1. The molecule has 2 N–H and O–H groups in total. The minimum atomic E-state index is -4.90. The first-order chi connectivity index (χ1) is 25.5. The molecule has 3 atom stereocenters. The summed E-state index contributed by atoms with van der Waals surface area (Å²) < 4.78 is 63.6. The lowest BCUT2D eigenvalue weighted by Gasteiger charge is -2.41. The minimum absolute atomic E-state index is 0.0564. The fraction of sp³-hybridized carbons (Fsp3) is 0.579. The molecule has 282 valence electrons. The molecular formula is C38H43F4N7O4. The number of hydrogen-bond donors (Lipinski definition) is 2. The quantitative estimate of drug-likeness (QED) is 0.235. The van der Waals surface area contributed by atoms with Gasteiger partial charge < -0.3 is 25.0 Å². The standard InChI is InChI=1S/C38H43F4N7O4/c39-25-17-43-36(44-18-25)48-9-7-27(8-10-48)53-28-5-6-32-29(16-28)31(23-3-1-2-4-23)20-49(32)37-45-19-30(33(47-37)38(40,41)42)34(50)46-26-14-21-11-22(15-26)13-24(12-21)35(51)52/h5-6,16-19,21-24,26-27,31H,1-4,7-15,20H2,(H,46,50)(H,51,52). The zero-order valence-corrected chi connectivity index (χ0v) is 29.3. The lowest BCUT2D eigenvalue weighted by Crippen LogP contribution is -2.44. The highest BCUT2D eigenvalue weighted by molar-refractivity contribution is 5.95. The molecule has 4 heterocycles. The van der Waals surface area contributed by atoms with Crippen LogP contribution in [-0.2, 0) is 11.0 Å². The molecule has 3 aliphatic carbocycles. The summed E-state index contributed by atoms with van der Waals surface area (Å²) in [6, 6.07) is 5.38. The Kier molecular flexibility index (Phi) is 9.60. The fourth-order valence-electron chi connectivity index (χ4n) is 9.65. The predicted octanol–water partition coefficient (Wildman–Crippen LogP) is 6.91. The molecule has 2 bridgehead atoms. The number of anilines is 3. The number of aliphatic carboxylic acids is 1. The van der Waals surface area contributed by atoms with Gasteiger partial charge in [0.15, 0.2) is 11.5 Å². The van der Waals surface area contributed by atoms with Crippen molar-refractivity contribution < 1.29 is 37.0 Å². The zero-order valence-electron chi connectivity index (χ0n) is 29.3. The molecule has 0 radical (unpaired) electrons. The number of hydrogen-bond acceptors (Lipinski definition) is 9. The van der Waals surface area contributed by atoms with Crippen LogP contribution in [0.5, 0.6) is 5.75 Å². The lowest BCUT2D eigenvalue weighted by atomic mass is 9.66. The number of rotatable bonds is 8. The van der Waals surface area contributed by atoms with E-state index in [1.165, 1.54) is 0 Å². The number of carbonyl (C=O) groups excluding carboxylic acids is 1. The van der Waals surface area contributed by atoms with Crippen LogP contribution in [-0.4, -0.2) is 68.7 Å². The van der Waals surface area contributed by atoms with Crippen LogP contribution < -0.4 is 19.9 Å². The van der Waals surface area contributed by atoms with E-state index in [9.17, 15) is 32.3 Å². The summed E-state index contributed by atoms with van der Waals surface area (Å²) in [6.07, 6.45) is 7.04. The van der Waals surface area contributed by atoms with E-state index in [0.717, 1.165) is 74.8 Å². The van der Waals surface area contributed by atoms with Crippen LogP contribution in [0, 0.1) is 29.5 Å². The number of alkyl halides is 3. The van der Waals surface area contributed by atoms with E-state index in [0.29, 0.717) is 62.9 Å². The largest absolute Gasteiger partial charge is 0.490 e. The maximum absolute atomic E-state index is 14.6. The van der Waals surface area contributed by atoms with Crippen LogP contribution in [0.25, 0.3) is 0 Å². The van der Waals surface area contributed by atoms with Crippen LogP contribution in [0.3, 0.4) is 0 Å². The van der Waals surface area contributed by atoms with Gasteiger partial charge in [0.2, 0.25) is 11.9 Å². The number of halogens is 4. The van der Waals surface area contributed by atoms with E-state index in [2.05, 4.69) is 25.3 Å². The molecule has 15 heteroatoms. The van der Waals surface area contributed by atoms with Gasteiger partial charge in [-0.25, -0.2) is 24.3 Å². The molecule has 1 amide bonds. The molecule has 53 heavy (non-hydrogen) atoms.